The fraction of sp³-hybridized carbons (Fsp3) is 0.348. The third-order valence-corrected chi connectivity index (χ3v) is 9.53. The van der Waals surface area contributed by atoms with Gasteiger partial charge in [-0.15, -0.1) is 28.2 Å². The Bertz CT molecular complexity index is 1740. The molecule has 1 saturated heterocycles. The number of carboxylic acid groups (broad SMARTS) is 1. The molecule has 0 radical (unpaired) electrons. The van der Waals surface area contributed by atoms with E-state index in [-0.39, 0.29) is 82.1 Å². The van der Waals surface area contributed by atoms with Crippen molar-refractivity contribution in [2.45, 2.75) is 36.3 Å². The van der Waals surface area contributed by atoms with Gasteiger partial charge in [0.2, 0.25) is 10.6 Å². The molecular formula is C23H23N10NaO8S3. The maximum Gasteiger partial charge on any atom is 1.00 e. The number of nitrogens with zero attached hydrogens (tertiary/aromatic N) is 8. The number of aromatic nitrogens is 6. The molecule has 0 saturated carbocycles. The summed E-state index contributed by atoms with van der Waals surface area (Å²) < 4.78 is 2.93. The van der Waals surface area contributed by atoms with Crippen LogP contribution in [0.1, 0.15) is 11.4 Å². The zero-order chi connectivity index (χ0) is 31.5. The molecule has 3 aromatic rings. The van der Waals surface area contributed by atoms with Crippen molar-refractivity contribution in [3.05, 3.63) is 50.5 Å². The standard InChI is InChI=1S/C23H24N10O8S3.Na/c1-41-28-15(12-9-43-22(24)25-12)18(37)26-16-19(38)33-17(21(39)40)10(7-42-20(16)33)8-44-23-27-29-30-32(23)3-2-31-5-14(36)13(35)4-11(31)6-34;/h4-5,9,16,20,34,36H,2-3,6-8H2,1H3,(H2,24,25)(H,26,37)(H,39,40);/q;+1/p-1/b28-15-;/t16-,20+;/m1./s1. The van der Waals surface area contributed by atoms with Crippen LogP contribution < -0.4 is 51.1 Å². The van der Waals surface area contributed by atoms with Crippen LogP contribution in [0.5, 0.6) is 5.75 Å². The van der Waals surface area contributed by atoms with Crippen molar-refractivity contribution in [1.82, 2.24) is 40.0 Å². The van der Waals surface area contributed by atoms with E-state index < -0.39 is 47.0 Å². The predicted molar refractivity (Wildman–Crippen MR) is 154 cm³/mol. The van der Waals surface area contributed by atoms with Crippen LogP contribution in [-0.2, 0) is 38.9 Å². The zero-order valence-electron chi connectivity index (χ0n) is 23.6. The summed E-state index contributed by atoms with van der Waals surface area (Å²) in [5.74, 6) is -3.07. The van der Waals surface area contributed by atoms with E-state index in [0.717, 1.165) is 34.1 Å². The molecule has 2 aliphatic heterocycles. The van der Waals surface area contributed by atoms with Gasteiger partial charge in [0.25, 0.3) is 11.8 Å². The topological polar surface area (TPSA) is 256 Å². The Balaban J connectivity index is 0.00000461. The minimum absolute atomic E-state index is 0. The van der Waals surface area contributed by atoms with Crippen molar-refractivity contribution in [3.8, 4) is 5.75 Å². The Morgan fingerprint density at radius 2 is 2.11 bits per heavy atom. The average molecular weight is 687 g/mol. The van der Waals surface area contributed by atoms with Crippen LogP contribution in [0.3, 0.4) is 0 Å². The molecule has 45 heavy (non-hydrogen) atoms. The number of thioether (sulfide) groups is 2. The predicted octanol–water partition coefficient (Wildman–Crippen LogP) is -5.68. The summed E-state index contributed by atoms with van der Waals surface area (Å²) in [6, 6.07) is 0.0981. The number of β-lactam (4-membered cyclic amide) rings is 1. The van der Waals surface area contributed by atoms with Crippen LogP contribution in [0.2, 0.25) is 0 Å². The first-order chi connectivity index (χ1) is 21.1. The van der Waals surface area contributed by atoms with Crippen LogP contribution >= 0.6 is 34.9 Å². The van der Waals surface area contributed by atoms with Gasteiger partial charge in [0.1, 0.15) is 24.2 Å². The maximum absolute atomic E-state index is 13.1. The largest absolute Gasteiger partial charge is 1.00 e. The number of amides is 2. The van der Waals surface area contributed by atoms with Crippen LogP contribution in [0.4, 0.5) is 5.13 Å². The first-order valence-corrected chi connectivity index (χ1v) is 15.5. The first-order valence-electron chi connectivity index (χ1n) is 12.6. The number of nitrogens with one attached hydrogen (secondary N) is 1. The maximum atomic E-state index is 13.1. The number of nitrogens with two attached hydrogens (primary N) is 1. The van der Waals surface area contributed by atoms with Gasteiger partial charge in [-0.05, 0) is 16.0 Å². The summed E-state index contributed by atoms with van der Waals surface area (Å²) in [5, 5.41) is 50.7. The number of fused-ring (bicyclic) bond motifs is 1. The number of pyridine rings is 1. The summed E-state index contributed by atoms with van der Waals surface area (Å²) >= 11 is 3.49. The smallest absolute Gasteiger partial charge is 0.543 e. The number of aliphatic hydroxyl groups is 1. The second kappa shape index (κ2) is 14.7. The number of aliphatic hydroxyl groups excluding tert-OH is 1. The summed E-state index contributed by atoms with van der Waals surface area (Å²) in [4.78, 5) is 59.7. The first kappa shape index (κ1) is 34.4. The fourth-order valence-corrected chi connectivity index (χ4v) is 7.36. The van der Waals surface area contributed by atoms with E-state index in [0.29, 0.717) is 10.7 Å². The molecule has 0 aliphatic carbocycles. The number of nitrogen functional groups attached to an aromatic ring is 1. The van der Waals surface area contributed by atoms with Crippen molar-refractivity contribution >= 4 is 63.5 Å². The van der Waals surface area contributed by atoms with Gasteiger partial charge in [-0.2, -0.15) is 0 Å². The summed E-state index contributed by atoms with van der Waals surface area (Å²) in [6.07, 6.45) is 1.21. The van der Waals surface area contributed by atoms with E-state index in [4.69, 9.17) is 10.6 Å². The van der Waals surface area contributed by atoms with Gasteiger partial charge in [-0.1, -0.05) is 16.9 Å². The molecular weight excluding hydrogens is 664 g/mol. The second-order valence-electron chi connectivity index (χ2n) is 9.13. The van der Waals surface area contributed by atoms with Gasteiger partial charge < -0.3 is 40.6 Å². The number of aliphatic carboxylic acids is 1. The quantitative estimate of drug-likeness (QED) is 0.0455. The number of anilines is 1. The molecule has 1 fully saturated rings. The zero-order valence-corrected chi connectivity index (χ0v) is 28.1. The third-order valence-electron chi connectivity index (χ3n) is 6.48. The van der Waals surface area contributed by atoms with Gasteiger partial charge in [-0.25, -0.2) is 9.67 Å². The van der Waals surface area contributed by atoms with Gasteiger partial charge >= 0.3 is 29.6 Å². The SMILES string of the molecule is CO/N=C(\C(=O)N[C@@H]1C(=O)N2C(C(=O)[O-])=C(CSc3nnnn3CCn3cc(O)c(=O)cc3CO)CS[C@@H]12)c1csc(N)n1.[Na+]. The molecule has 0 bridgehead atoms. The third kappa shape index (κ3) is 7.18. The molecule has 232 valence electrons. The van der Waals surface area contributed by atoms with E-state index in [1.807, 2.05) is 0 Å². The number of hydrogen-bond donors (Lipinski definition) is 4. The molecule has 0 aromatic carbocycles. The molecule has 5 N–H and O–H groups in total. The Morgan fingerprint density at radius 3 is 2.78 bits per heavy atom. The number of rotatable bonds is 12. The van der Waals surface area contributed by atoms with Crippen molar-refractivity contribution in [2.24, 2.45) is 5.16 Å². The van der Waals surface area contributed by atoms with Gasteiger partial charge in [0.05, 0.1) is 31.0 Å². The fourth-order valence-electron chi connectivity index (χ4n) is 4.43. The molecule has 5 heterocycles. The summed E-state index contributed by atoms with van der Waals surface area (Å²) in [6.45, 7) is -0.0231. The van der Waals surface area contributed by atoms with Crippen molar-refractivity contribution < 1.29 is 64.1 Å². The van der Waals surface area contributed by atoms with Crippen molar-refractivity contribution in [1.29, 1.82) is 0 Å². The molecule has 2 amide bonds. The molecule has 0 spiro atoms. The second-order valence-corrected chi connectivity index (χ2v) is 12.1. The Morgan fingerprint density at radius 1 is 1.33 bits per heavy atom. The van der Waals surface area contributed by atoms with Crippen molar-refractivity contribution in [3.63, 3.8) is 0 Å². The molecule has 0 unspecified atom stereocenters. The van der Waals surface area contributed by atoms with E-state index in [1.165, 1.54) is 39.7 Å². The minimum Gasteiger partial charge on any atom is -0.543 e. The number of carbonyl (C=O) groups excluding carboxylic acids is 3. The number of oxime groups is 1. The van der Waals surface area contributed by atoms with Gasteiger partial charge in [0, 0.05) is 35.2 Å². The van der Waals surface area contributed by atoms with Crippen molar-refractivity contribution in [2.75, 3.05) is 24.3 Å². The summed E-state index contributed by atoms with van der Waals surface area (Å²) in [5.41, 5.74) is 5.40. The molecule has 3 aromatic heterocycles. The Kier molecular flexibility index (Phi) is 11.3. The van der Waals surface area contributed by atoms with Gasteiger partial charge in [-0.3, -0.25) is 19.3 Å². The Labute approximate surface area is 288 Å². The van der Waals surface area contributed by atoms with E-state index in [9.17, 15) is 34.5 Å². The molecule has 2 atom stereocenters. The van der Waals surface area contributed by atoms with Crippen LogP contribution in [0, 0.1) is 0 Å². The Hall–Kier alpha value is -3.47. The average Bonchev–Trinajstić information content (AvgIpc) is 3.65. The number of thiazole rings is 1. The van der Waals surface area contributed by atoms with Gasteiger partial charge in [0.15, 0.2) is 16.6 Å². The number of aromatic hydroxyl groups is 1. The normalized spacial score (nSPS) is 17.8. The number of hydrogen-bond acceptors (Lipinski definition) is 17. The van der Waals surface area contributed by atoms with Crippen LogP contribution in [0.25, 0.3) is 0 Å². The number of tetrazole rings is 1. The molecule has 18 nitrogen and oxygen atoms in total. The monoisotopic (exact) mass is 686 g/mol. The number of carbonyl (C=O) groups is 3. The van der Waals surface area contributed by atoms with E-state index in [2.05, 4.69) is 31.0 Å². The number of carboxylic acids is 1. The van der Waals surface area contributed by atoms with E-state index in [1.54, 1.807) is 0 Å². The summed E-state index contributed by atoms with van der Waals surface area (Å²) in [7, 11) is 1.25. The minimum atomic E-state index is -1.54. The van der Waals surface area contributed by atoms with E-state index >= 15 is 0 Å². The number of aryl methyl sites for hydroxylation is 2. The molecule has 5 rings (SSSR count). The molecule has 22 heteroatoms. The van der Waals surface area contributed by atoms with Crippen LogP contribution in [0.15, 0.2) is 44.0 Å². The van der Waals surface area contributed by atoms with Crippen LogP contribution in [-0.4, -0.2) is 98.4 Å². The molecule has 2 aliphatic rings.